The number of aromatic nitrogens is 1. The van der Waals surface area contributed by atoms with Gasteiger partial charge in [-0.3, -0.25) is 9.59 Å². The Hall–Kier alpha value is -2.11. The molecule has 21 heavy (non-hydrogen) atoms. The van der Waals surface area contributed by atoms with Crippen molar-refractivity contribution in [3.63, 3.8) is 0 Å². The molecule has 7 heteroatoms. The summed E-state index contributed by atoms with van der Waals surface area (Å²) in [5.41, 5.74) is 0.329. The van der Waals surface area contributed by atoms with Crippen LogP contribution in [0.1, 0.15) is 10.4 Å². The Labute approximate surface area is 131 Å². The van der Waals surface area contributed by atoms with Gasteiger partial charge in [-0.2, -0.15) is 0 Å². The molecule has 0 spiro atoms. The molecule has 0 aliphatic carbocycles. The molecule has 2 amide bonds. The van der Waals surface area contributed by atoms with Gasteiger partial charge in [0.2, 0.25) is 5.91 Å². The van der Waals surface area contributed by atoms with Crippen molar-refractivity contribution < 1.29 is 9.59 Å². The summed E-state index contributed by atoms with van der Waals surface area (Å²) in [6.07, 6.45) is 1.56. The van der Waals surface area contributed by atoms with Gasteiger partial charge in [-0.15, -0.1) is 0 Å². The van der Waals surface area contributed by atoms with Gasteiger partial charge in [0.15, 0.2) is 0 Å². The second kappa shape index (κ2) is 7.06. The molecule has 2 aromatic rings. The van der Waals surface area contributed by atoms with Crippen molar-refractivity contribution in [1.82, 2.24) is 10.3 Å². The van der Waals surface area contributed by atoms with Crippen LogP contribution in [0.3, 0.4) is 0 Å². The lowest BCUT2D eigenvalue weighted by Crippen LogP contribution is -2.33. The number of carbonyl (C=O) groups is 2. The Morgan fingerprint density at radius 2 is 1.90 bits per heavy atom. The highest BCUT2D eigenvalue weighted by Gasteiger charge is 2.10. The molecule has 1 aromatic heterocycles. The van der Waals surface area contributed by atoms with E-state index in [2.05, 4.69) is 15.6 Å². The molecular formula is C14H11Cl2N3O2. The Bertz CT molecular complexity index is 663. The first-order valence-corrected chi connectivity index (χ1v) is 6.76. The third kappa shape index (κ3) is 4.44. The van der Waals surface area contributed by atoms with Gasteiger partial charge in [-0.25, -0.2) is 4.98 Å². The van der Waals surface area contributed by atoms with Gasteiger partial charge in [0, 0.05) is 11.8 Å². The van der Waals surface area contributed by atoms with Crippen LogP contribution in [-0.4, -0.2) is 23.3 Å². The van der Waals surface area contributed by atoms with Crippen molar-refractivity contribution in [1.29, 1.82) is 0 Å². The molecule has 0 aliphatic heterocycles. The van der Waals surface area contributed by atoms with Gasteiger partial charge in [-0.1, -0.05) is 29.3 Å². The summed E-state index contributed by atoms with van der Waals surface area (Å²) in [4.78, 5) is 27.5. The molecule has 0 fully saturated rings. The maximum atomic E-state index is 11.9. The van der Waals surface area contributed by atoms with E-state index in [1.807, 2.05) is 0 Å². The second-order valence-electron chi connectivity index (χ2n) is 4.07. The number of nitrogens with zero attached hydrogens (tertiary/aromatic N) is 1. The highest BCUT2D eigenvalue weighted by molar-refractivity contribution is 6.42. The van der Waals surface area contributed by atoms with Gasteiger partial charge in [0.25, 0.3) is 5.91 Å². The predicted molar refractivity (Wildman–Crippen MR) is 81.7 cm³/mol. The SMILES string of the molecule is O=C(CNC(=O)c1ccc(Cl)c(Cl)c1)Nc1ccccn1. The summed E-state index contributed by atoms with van der Waals surface area (Å²) in [6, 6.07) is 9.63. The summed E-state index contributed by atoms with van der Waals surface area (Å²) in [5.74, 6) is -0.363. The number of pyridine rings is 1. The Morgan fingerprint density at radius 1 is 1.10 bits per heavy atom. The zero-order valence-electron chi connectivity index (χ0n) is 10.8. The number of carbonyl (C=O) groups excluding carboxylic acids is 2. The normalized spacial score (nSPS) is 10.0. The number of halogens is 2. The van der Waals surface area contributed by atoms with Crippen molar-refractivity contribution in [2.24, 2.45) is 0 Å². The molecule has 1 aromatic carbocycles. The van der Waals surface area contributed by atoms with Crippen molar-refractivity contribution in [3.05, 3.63) is 58.2 Å². The Kier molecular flexibility index (Phi) is 5.14. The molecule has 0 saturated heterocycles. The van der Waals surface area contributed by atoms with E-state index in [0.29, 0.717) is 16.4 Å². The Balaban J connectivity index is 1.89. The first kappa shape index (κ1) is 15.3. The second-order valence-corrected chi connectivity index (χ2v) is 4.89. The molecule has 2 rings (SSSR count). The monoisotopic (exact) mass is 323 g/mol. The lowest BCUT2D eigenvalue weighted by atomic mass is 10.2. The number of hydrogen-bond donors (Lipinski definition) is 2. The van der Waals surface area contributed by atoms with E-state index in [0.717, 1.165) is 0 Å². The van der Waals surface area contributed by atoms with E-state index in [1.165, 1.54) is 18.2 Å². The molecule has 1 heterocycles. The number of rotatable bonds is 4. The fourth-order valence-corrected chi connectivity index (χ4v) is 1.82. The molecule has 108 valence electrons. The molecule has 0 saturated carbocycles. The topological polar surface area (TPSA) is 71.1 Å². The zero-order chi connectivity index (χ0) is 15.2. The molecule has 0 atom stereocenters. The van der Waals surface area contributed by atoms with Crippen LogP contribution in [0.4, 0.5) is 5.82 Å². The average Bonchev–Trinajstić information content (AvgIpc) is 2.48. The number of anilines is 1. The molecule has 2 N–H and O–H groups in total. The first-order valence-electron chi connectivity index (χ1n) is 6.00. The quantitative estimate of drug-likeness (QED) is 0.908. The molecule has 0 radical (unpaired) electrons. The molecular weight excluding hydrogens is 313 g/mol. The summed E-state index contributed by atoms with van der Waals surface area (Å²) in [7, 11) is 0. The summed E-state index contributed by atoms with van der Waals surface area (Å²) < 4.78 is 0. The van der Waals surface area contributed by atoms with E-state index >= 15 is 0 Å². The molecule has 5 nitrogen and oxygen atoms in total. The number of hydrogen-bond acceptors (Lipinski definition) is 3. The van der Waals surface area contributed by atoms with E-state index < -0.39 is 5.91 Å². The standard InChI is InChI=1S/C14H11Cl2N3O2/c15-10-5-4-9(7-11(10)16)14(21)18-8-13(20)19-12-3-1-2-6-17-12/h1-7H,8H2,(H,18,21)(H,17,19,20). The maximum absolute atomic E-state index is 11.9. The van der Waals surface area contributed by atoms with Crippen LogP contribution in [0.15, 0.2) is 42.6 Å². The molecule has 0 unspecified atom stereocenters. The number of amides is 2. The van der Waals surface area contributed by atoms with Gasteiger partial charge < -0.3 is 10.6 Å². The van der Waals surface area contributed by atoms with Crippen LogP contribution in [0.25, 0.3) is 0 Å². The van der Waals surface area contributed by atoms with Gasteiger partial charge >= 0.3 is 0 Å². The van der Waals surface area contributed by atoms with Crippen LogP contribution in [0, 0.1) is 0 Å². The fourth-order valence-electron chi connectivity index (χ4n) is 1.52. The number of nitrogens with one attached hydrogen (secondary N) is 2. The fraction of sp³-hybridized carbons (Fsp3) is 0.0714. The maximum Gasteiger partial charge on any atom is 0.251 e. The minimum absolute atomic E-state index is 0.171. The van der Waals surface area contributed by atoms with Gasteiger partial charge in [-0.05, 0) is 30.3 Å². The molecule has 0 aliphatic rings. The molecule has 0 bridgehead atoms. The van der Waals surface area contributed by atoms with Crippen LogP contribution in [0.2, 0.25) is 10.0 Å². The van der Waals surface area contributed by atoms with Crippen LogP contribution in [0.5, 0.6) is 0 Å². The third-order valence-corrected chi connectivity index (χ3v) is 3.26. The average molecular weight is 324 g/mol. The van der Waals surface area contributed by atoms with Crippen molar-refractivity contribution in [3.8, 4) is 0 Å². The van der Waals surface area contributed by atoms with Gasteiger partial charge in [0.05, 0.1) is 16.6 Å². The van der Waals surface area contributed by atoms with Crippen molar-refractivity contribution in [2.75, 3.05) is 11.9 Å². The highest BCUT2D eigenvalue weighted by atomic mass is 35.5. The van der Waals surface area contributed by atoms with E-state index in [-0.39, 0.29) is 17.5 Å². The predicted octanol–water partition coefficient (Wildman–Crippen LogP) is 2.76. The van der Waals surface area contributed by atoms with Crippen molar-refractivity contribution in [2.45, 2.75) is 0 Å². The summed E-state index contributed by atoms with van der Waals surface area (Å²) >= 11 is 11.6. The van der Waals surface area contributed by atoms with Crippen molar-refractivity contribution >= 4 is 40.8 Å². The number of benzene rings is 1. The third-order valence-electron chi connectivity index (χ3n) is 2.52. The van der Waals surface area contributed by atoms with E-state index in [4.69, 9.17) is 23.2 Å². The minimum Gasteiger partial charge on any atom is -0.343 e. The lowest BCUT2D eigenvalue weighted by Gasteiger charge is -2.07. The lowest BCUT2D eigenvalue weighted by molar-refractivity contribution is -0.115. The smallest absolute Gasteiger partial charge is 0.251 e. The highest BCUT2D eigenvalue weighted by Crippen LogP contribution is 2.22. The largest absolute Gasteiger partial charge is 0.343 e. The van der Waals surface area contributed by atoms with Crippen LogP contribution < -0.4 is 10.6 Å². The zero-order valence-corrected chi connectivity index (χ0v) is 12.3. The van der Waals surface area contributed by atoms with Crippen LogP contribution >= 0.6 is 23.2 Å². The minimum atomic E-state index is -0.412. The first-order chi connectivity index (χ1) is 10.1. The van der Waals surface area contributed by atoms with E-state index in [9.17, 15) is 9.59 Å². The summed E-state index contributed by atoms with van der Waals surface area (Å²) in [5, 5.41) is 5.68. The summed E-state index contributed by atoms with van der Waals surface area (Å²) in [6.45, 7) is -0.171. The van der Waals surface area contributed by atoms with Crippen LogP contribution in [-0.2, 0) is 4.79 Å². The van der Waals surface area contributed by atoms with Gasteiger partial charge in [0.1, 0.15) is 5.82 Å². The van der Waals surface area contributed by atoms with E-state index in [1.54, 1.807) is 24.4 Å². The Morgan fingerprint density at radius 3 is 2.57 bits per heavy atom.